The Hall–Kier alpha value is -5.88. The predicted molar refractivity (Wildman–Crippen MR) is 241 cm³/mol. The summed E-state index contributed by atoms with van der Waals surface area (Å²) in [6.45, 7) is 2.08. The van der Waals surface area contributed by atoms with Gasteiger partial charge in [0.15, 0.2) is 23.0 Å². The van der Waals surface area contributed by atoms with E-state index in [0.29, 0.717) is 49.4 Å². The first-order valence-electron chi connectivity index (χ1n) is 19.8. The molecule has 2 aliphatic rings. The summed E-state index contributed by atoms with van der Waals surface area (Å²) in [6.07, 6.45) is 4.99. The summed E-state index contributed by atoms with van der Waals surface area (Å²) in [5, 5.41) is 1.97. The minimum Gasteiger partial charge on any atom is -0.490 e. The van der Waals surface area contributed by atoms with E-state index in [0.717, 1.165) is 54.2 Å². The van der Waals surface area contributed by atoms with Gasteiger partial charge < -0.3 is 18.9 Å². The molecule has 0 aliphatic carbocycles. The van der Waals surface area contributed by atoms with Crippen LogP contribution in [-0.4, -0.2) is 53.2 Å². The molecule has 8 aromatic rings. The van der Waals surface area contributed by atoms with Gasteiger partial charge in [-0.3, -0.25) is 0 Å². The SMILES string of the molecule is O=S(=O)(N[C@@H](c1ccccc1)c1cc2cccnc2s1)c1ccc2c(c1)OCCCO2.O=S(=O)(N[C@H](c1ccccc1)c1cc2cccnc2s1)c1ccc2c(c1)OCCCO2. The Balaban J connectivity index is 0.000000158. The third-order valence-electron chi connectivity index (χ3n) is 10.1. The van der Waals surface area contributed by atoms with Crippen LogP contribution >= 0.6 is 22.7 Å². The Morgan fingerprint density at radius 3 is 1.27 bits per heavy atom. The van der Waals surface area contributed by atoms with Crippen molar-refractivity contribution in [2.75, 3.05) is 26.4 Å². The number of nitrogens with one attached hydrogen (secondary N) is 2. The highest BCUT2D eigenvalue weighted by atomic mass is 32.2. The summed E-state index contributed by atoms with van der Waals surface area (Å²) in [5.41, 5.74) is 1.71. The number of aromatic nitrogens is 2. The molecule has 0 saturated carbocycles. The van der Waals surface area contributed by atoms with Gasteiger partial charge in [0, 0.05) is 57.9 Å². The zero-order valence-corrected chi connectivity index (χ0v) is 36.3. The van der Waals surface area contributed by atoms with Crippen LogP contribution in [0.1, 0.15) is 45.8 Å². The van der Waals surface area contributed by atoms with E-state index in [9.17, 15) is 16.8 Å². The average Bonchev–Trinajstić information content (AvgIpc) is 3.75. The smallest absolute Gasteiger partial charge is 0.241 e. The van der Waals surface area contributed by atoms with Crippen molar-refractivity contribution in [3.8, 4) is 23.0 Å². The van der Waals surface area contributed by atoms with Gasteiger partial charge >= 0.3 is 0 Å². The molecule has 0 saturated heterocycles. The Morgan fingerprint density at radius 2 is 0.871 bits per heavy atom. The maximum atomic E-state index is 13.4. The van der Waals surface area contributed by atoms with E-state index in [2.05, 4.69) is 19.4 Å². The number of fused-ring (bicyclic) bond motifs is 4. The van der Waals surface area contributed by atoms with Gasteiger partial charge in [-0.05, 0) is 59.7 Å². The number of hydrogen-bond acceptors (Lipinski definition) is 12. The van der Waals surface area contributed by atoms with Crippen LogP contribution in [0, 0.1) is 0 Å². The maximum Gasteiger partial charge on any atom is 0.241 e. The van der Waals surface area contributed by atoms with E-state index in [4.69, 9.17) is 18.9 Å². The molecular weight excluding hydrogens is 865 g/mol. The van der Waals surface area contributed by atoms with Gasteiger partial charge in [-0.15, -0.1) is 22.7 Å². The normalized spacial score (nSPS) is 14.8. The van der Waals surface area contributed by atoms with Crippen molar-refractivity contribution in [2.24, 2.45) is 0 Å². The molecule has 0 spiro atoms. The highest BCUT2D eigenvalue weighted by Gasteiger charge is 2.28. The fraction of sp³-hybridized carbons (Fsp3) is 0.174. The molecule has 12 nitrogen and oxygen atoms in total. The number of pyridine rings is 2. The summed E-state index contributed by atoms with van der Waals surface area (Å²) in [7, 11) is -7.68. The zero-order valence-electron chi connectivity index (χ0n) is 33.0. The lowest BCUT2D eigenvalue weighted by atomic mass is 10.1. The van der Waals surface area contributed by atoms with Crippen LogP contribution < -0.4 is 28.4 Å². The van der Waals surface area contributed by atoms with Crippen molar-refractivity contribution in [2.45, 2.75) is 34.7 Å². The monoisotopic (exact) mass is 904 g/mol. The number of sulfonamides is 2. The first-order chi connectivity index (χ1) is 30.2. The molecule has 0 unspecified atom stereocenters. The highest BCUT2D eigenvalue weighted by molar-refractivity contribution is 7.89. The van der Waals surface area contributed by atoms with E-state index in [-0.39, 0.29) is 9.79 Å². The van der Waals surface area contributed by atoms with Gasteiger partial charge in [0.25, 0.3) is 0 Å². The van der Waals surface area contributed by atoms with Crippen LogP contribution in [0.3, 0.4) is 0 Å². The second-order valence-corrected chi connectivity index (χ2v) is 19.9. The molecule has 2 aliphatic heterocycles. The fourth-order valence-electron chi connectivity index (χ4n) is 7.01. The molecule has 0 amide bonds. The first-order valence-corrected chi connectivity index (χ1v) is 24.4. The topological polar surface area (TPSA) is 155 Å². The third kappa shape index (κ3) is 9.30. The molecule has 0 radical (unpaired) electrons. The van der Waals surface area contributed by atoms with Gasteiger partial charge in [-0.2, -0.15) is 9.44 Å². The number of benzene rings is 4. The van der Waals surface area contributed by atoms with Gasteiger partial charge in [0.2, 0.25) is 20.0 Å². The van der Waals surface area contributed by atoms with Crippen LogP contribution in [0.2, 0.25) is 0 Å². The van der Waals surface area contributed by atoms with Gasteiger partial charge in [-0.1, -0.05) is 72.8 Å². The molecule has 4 aromatic heterocycles. The van der Waals surface area contributed by atoms with Crippen molar-refractivity contribution in [1.29, 1.82) is 0 Å². The molecule has 2 atom stereocenters. The summed E-state index contributed by atoms with van der Waals surface area (Å²) in [6, 6.07) is 39.1. The minimum absolute atomic E-state index is 0.136. The lowest BCUT2D eigenvalue weighted by molar-refractivity contribution is 0.296. The predicted octanol–water partition coefficient (Wildman–Crippen LogP) is 9.05. The summed E-state index contributed by atoms with van der Waals surface area (Å²) in [5.74, 6) is 2.02. The van der Waals surface area contributed by atoms with Gasteiger partial charge in [-0.25, -0.2) is 26.8 Å². The van der Waals surface area contributed by atoms with Crippen molar-refractivity contribution in [3.63, 3.8) is 0 Å². The van der Waals surface area contributed by atoms with E-state index in [1.165, 1.54) is 34.8 Å². The molecule has 0 fully saturated rings. The molecule has 4 aromatic carbocycles. The summed E-state index contributed by atoms with van der Waals surface area (Å²) in [4.78, 5) is 12.6. The van der Waals surface area contributed by atoms with E-state index in [1.807, 2.05) is 97.1 Å². The van der Waals surface area contributed by atoms with Crippen molar-refractivity contribution in [3.05, 3.63) is 167 Å². The molecule has 2 N–H and O–H groups in total. The van der Waals surface area contributed by atoms with Gasteiger partial charge in [0.05, 0.1) is 48.3 Å². The zero-order chi connectivity index (χ0) is 42.5. The lowest BCUT2D eigenvalue weighted by Gasteiger charge is -2.19. The molecule has 6 heterocycles. The van der Waals surface area contributed by atoms with E-state index >= 15 is 0 Å². The molecule has 0 bridgehead atoms. The van der Waals surface area contributed by atoms with Crippen LogP contribution in [0.5, 0.6) is 23.0 Å². The Kier molecular flexibility index (Phi) is 12.2. The summed E-state index contributed by atoms with van der Waals surface area (Å²) >= 11 is 2.96. The molecule has 316 valence electrons. The molecule has 10 rings (SSSR count). The maximum absolute atomic E-state index is 13.4. The fourth-order valence-corrected chi connectivity index (χ4v) is 11.8. The Labute approximate surface area is 367 Å². The second-order valence-electron chi connectivity index (χ2n) is 14.3. The van der Waals surface area contributed by atoms with Crippen LogP contribution in [0.15, 0.2) is 156 Å². The molecular formula is C46H40N4O8S4. The highest BCUT2D eigenvalue weighted by Crippen LogP contribution is 2.38. The number of hydrogen-bond donors (Lipinski definition) is 2. The van der Waals surface area contributed by atoms with Crippen molar-refractivity contribution in [1.82, 2.24) is 19.4 Å². The molecule has 16 heteroatoms. The number of nitrogens with zero attached hydrogens (tertiary/aromatic N) is 2. The second kappa shape index (κ2) is 18.2. The quantitative estimate of drug-likeness (QED) is 0.136. The minimum atomic E-state index is -3.84. The van der Waals surface area contributed by atoms with Crippen LogP contribution in [0.4, 0.5) is 0 Å². The van der Waals surface area contributed by atoms with Crippen molar-refractivity contribution < 1.29 is 35.8 Å². The van der Waals surface area contributed by atoms with E-state index in [1.54, 1.807) is 36.7 Å². The third-order valence-corrected chi connectivity index (χ3v) is 15.2. The van der Waals surface area contributed by atoms with Gasteiger partial charge in [0.1, 0.15) is 9.66 Å². The van der Waals surface area contributed by atoms with E-state index < -0.39 is 32.1 Å². The molecule has 62 heavy (non-hydrogen) atoms. The number of ether oxygens (including phenoxy) is 4. The van der Waals surface area contributed by atoms with Crippen LogP contribution in [0.25, 0.3) is 20.4 Å². The number of rotatable bonds is 10. The Bertz CT molecular complexity index is 2780. The standard InChI is InChI=1S/2C23H20N2O4S2/c2*26-31(27,18-9-10-19-20(15-18)29-13-5-12-28-19)25-22(16-6-2-1-3-7-16)21-14-17-8-4-11-24-23(17)30-21/h2*1-4,6-11,14-15,22,25H,5,12-13H2/t2*22-/m10/s1. The lowest BCUT2D eigenvalue weighted by Crippen LogP contribution is -2.29. The van der Waals surface area contributed by atoms with Crippen LogP contribution in [-0.2, 0) is 20.0 Å². The summed E-state index contributed by atoms with van der Waals surface area (Å²) < 4.78 is 81.8. The Morgan fingerprint density at radius 1 is 0.468 bits per heavy atom. The average molecular weight is 905 g/mol. The first kappa shape index (κ1) is 41.5. The van der Waals surface area contributed by atoms with Crippen molar-refractivity contribution >= 4 is 63.2 Å². The number of thiophene rings is 2. The largest absolute Gasteiger partial charge is 0.490 e.